The minimum atomic E-state index is 0.202. The fourth-order valence-electron chi connectivity index (χ4n) is 3.63. The minimum absolute atomic E-state index is 0.202. The van der Waals surface area contributed by atoms with Crippen LogP contribution in [0.15, 0.2) is 30.3 Å². The number of hydrogen-bond donors (Lipinski definition) is 1. The first-order valence-electron chi connectivity index (χ1n) is 7.50. The van der Waals surface area contributed by atoms with Crippen molar-refractivity contribution < 1.29 is 0 Å². The topological polar surface area (TPSA) is 29.3 Å². The van der Waals surface area contributed by atoms with E-state index >= 15 is 0 Å². The van der Waals surface area contributed by atoms with Crippen LogP contribution in [0.5, 0.6) is 0 Å². The molecule has 1 aliphatic rings. The van der Waals surface area contributed by atoms with Crippen LogP contribution in [0, 0.1) is 5.41 Å². The molecule has 1 atom stereocenters. The second-order valence-electron chi connectivity index (χ2n) is 6.77. The Morgan fingerprint density at radius 2 is 1.84 bits per heavy atom. The van der Waals surface area contributed by atoms with E-state index in [1.54, 1.807) is 0 Å². The summed E-state index contributed by atoms with van der Waals surface area (Å²) in [6, 6.07) is 10.8. The number of nitrogens with two attached hydrogens (primary N) is 1. The van der Waals surface area contributed by atoms with Crippen molar-refractivity contribution in [3.8, 4) is 0 Å². The van der Waals surface area contributed by atoms with Gasteiger partial charge in [0.15, 0.2) is 0 Å². The SMILES string of the molecule is CCN(Cc1ccccc1)C1(CN)CCC(C)(C)C1. The Labute approximate surface area is 118 Å². The van der Waals surface area contributed by atoms with Crippen molar-refractivity contribution in [2.24, 2.45) is 11.1 Å². The van der Waals surface area contributed by atoms with Gasteiger partial charge in [-0.1, -0.05) is 51.1 Å². The van der Waals surface area contributed by atoms with Crippen LogP contribution in [0.1, 0.15) is 45.6 Å². The van der Waals surface area contributed by atoms with Gasteiger partial charge in [-0.3, -0.25) is 4.90 Å². The van der Waals surface area contributed by atoms with Gasteiger partial charge >= 0.3 is 0 Å². The van der Waals surface area contributed by atoms with Crippen molar-refractivity contribution in [2.75, 3.05) is 13.1 Å². The van der Waals surface area contributed by atoms with Gasteiger partial charge in [0.2, 0.25) is 0 Å². The molecule has 1 aliphatic carbocycles. The summed E-state index contributed by atoms with van der Waals surface area (Å²) < 4.78 is 0. The summed E-state index contributed by atoms with van der Waals surface area (Å²) in [5.41, 5.74) is 8.21. The van der Waals surface area contributed by atoms with Gasteiger partial charge < -0.3 is 5.73 Å². The molecule has 0 amide bonds. The van der Waals surface area contributed by atoms with Gasteiger partial charge in [0.05, 0.1) is 0 Å². The Hall–Kier alpha value is -0.860. The number of likely N-dealkylation sites (N-methyl/N-ethyl adjacent to an activating group) is 1. The van der Waals surface area contributed by atoms with E-state index in [1.807, 2.05) is 0 Å². The summed E-state index contributed by atoms with van der Waals surface area (Å²) in [5.74, 6) is 0. The van der Waals surface area contributed by atoms with Gasteiger partial charge in [-0.25, -0.2) is 0 Å². The third-order valence-electron chi connectivity index (χ3n) is 4.72. The number of nitrogens with zero attached hydrogens (tertiary/aromatic N) is 1. The third kappa shape index (κ3) is 3.18. The van der Waals surface area contributed by atoms with Gasteiger partial charge in [-0.2, -0.15) is 0 Å². The lowest BCUT2D eigenvalue weighted by molar-refractivity contribution is 0.0865. The van der Waals surface area contributed by atoms with Crippen molar-refractivity contribution in [3.05, 3.63) is 35.9 Å². The van der Waals surface area contributed by atoms with Gasteiger partial charge in [0.25, 0.3) is 0 Å². The van der Waals surface area contributed by atoms with Crippen molar-refractivity contribution in [1.29, 1.82) is 0 Å². The predicted molar refractivity (Wildman–Crippen MR) is 81.9 cm³/mol. The highest BCUT2D eigenvalue weighted by molar-refractivity contribution is 5.15. The van der Waals surface area contributed by atoms with Crippen LogP contribution in [-0.2, 0) is 6.54 Å². The highest BCUT2D eigenvalue weighted by atomic mass is 15.2. The first kappa shape index (κ1) is 14.5. The summed E-state index contributed by atoms with van der Waals surface area (Å²) in [5, 5.41) is 0. The van der Waals surface area contributed by atoms with E-state index in [2.05, 4.69) is 56.0 Å². The fourth-order valence-corrected chi connectivity index (χ4v) is 3.63. The Bertz CT molecular complexity index is 399. The third-order valence-corrected chi connectivity index (χ3v) is 4.72. The second-order valence-corrected chi connectivity index (χ2v) is 6.77. The molecule has 1 fully saturated rings. The van der Waals surface area contributed by atoms with Gasteiger partial charge in [0, 0.05) is 18.6 Å². The molecule has 106 valence electrons. The zero-order valence-electron chi connectivity index (χ0n) is 12.7. The van der Waals surface area contributed by atoms with E-state index in [0.717, 1.165) is 19.6 Å². The lowest BCUT2D eigenvalue weighted by Crippen LogP contribution is -2.52. The van der Waals surface area contributed by atoms with E-state index in [0.29, 0.717) is 5.41 Å². The largest absolute Gasteiger partial charge is 0.329 e. The van der Waals surface area contributed by atoms with Gasteiger partial charge in [-0.05, 0) is 36.8 Å². The average Bonchev–Trinajstić information content (AvgIpc) is 2.74. The van der Waals surface area contributed by atoms with Crippen LogP contribution < -0.4 is 5.73 Å². The molecule has 0 aromatic heterocycles. The molecule has 0 bridgehead atoms. The van der Waals surface area contributed by atoms with Gasteiger partial charge in [0.1, 0.15) is 0 Å². The van der Waals surface area contributed by atoms with E-state index < -0.39 is 0 Å². The summed E-state index contributed by atoms with van der Waals surface area (Å²) >= 11 is 0. The molecule has 2 heteroatoms. The van der Waals surface area contributed by atoms with Crippen molar-refractivity contribution in [3.63, 3.8) is 0 Å². The predicted octanol–water partition coefficient (Wildman–Crippen LogP) is 3.42. The second kappa shape index (κ2) is 5.64. The molecule has 0 saturated heterocycles. The van der Waals surface area contributed by atoms with Crippen LogP contribution in [0.2, 0.25) is 0 Å². The van der Waals surface area contributed by atoms with Crippen molar-refractivity contribution in [2.45, 2.75) is 52.1 Å². The van der Waals surface area contributed by atoms with Crippen LogP contribution in [0.25, 0.3) is 0 Å². The van der Waals surface area contributed by atoms with E-state index in [9.17, 15) is 0 Å². The molecular formula is C17H28N2. The minimum Gasteiger partial charge on any atom is -0.329 e. The maximum absolute atomic E-state index is 6.18. The summed E-state index contributed by atoms with van der Waals surface area (Å²) in [6.07, 6.45) is 3.74. The highest BCUT2D eigenvalue weighted by Gasteiger charge is 2.45. The molecule has 1 aromatic rings. The quantitative estimate of drug-likeness (QED) is 0.879. The summed E-state index contributed by atoms with van der Waals surface area (Å²) in [6.45, 7) is 9.87. The van der Waals surface area contributed by atoms with E-state index in [-0.39, 0.29) is 5.54 Å². The monoisotopic (exact) mass is 260 g/mol. The Kier molecular flexibility index (Phi) is 4.32. The molecule has 0 aliphatic heterocycles. The maximum atomic E-state index is 6.18. The van der Waals surface area contributed by atoms with Crippen molar-refractivity contribution in [1.82, 2.24) is 4.90 Å². The smallest absolute Gasteiger partial charge is 0.0340 e. The first-order chi connectivity index (χ1) is 9.01. The molecule has 1 unspecified atom stereocenters. The van der Waals surface area contributed by atoms with Crippen LogP contribution >= 0.6 is 0 Å². The molecule has 2 N–H and O–H groups in total. The molecule has 0 radical (unpaired) electrons. The molecule has 1 aromatic carbocycles. The highest BCUT2D eigenvalue weighted by Crippen LogP contribution is 2.46. The van der Waals surface area contributed by atoms with Gasteiger partial charge in [-0.15, -0.1) is 0 Å². The van der Waals surface area contributed by atoms with Crippen LogP contribution in [0.3, 0.4) is 0 Å². The molecule has 2 nitrogen and oxygen atoms in total. The van der Waals surface area contributed by atoms with Crippen LogP contribution in [0.4, 0.5) is 0 Å². The molecule has 1 saturated carbocycles. The zero-order valence-corrected chi connectivity index (χ0v) is 12.7. The lowest BCUT2D eigenvalue weighted by atomic mass is 9.86. The maximum Gasteiger partial charge on any atom is 0.0340 e. The number of rotatable bonds is 5. The average molecular weight is 260 g/mol. The van der Waals surface area contributed by atoms with E-state index in [1.165, 1.54) is 24.8 Å². The first-order valence-corrected chi connectivity index (χ1v) is 7.50. The Morgan fingerprint density at radius 3 is 2.32 bits per heavy atom. The lowest BCUT2D eigenvalue weighted by Gasteiger charge is -2.41. The molecule has 0 heterocycles. The number of benzene rings is 1. The molecule has 19 heavy (non-hydrogen) atoms. The van der Waals surface area contributed by atoms with Crippen LogP contribution in [-0.4, -0.2) is 23.5 Å². The Morgan fingerprint density at radius 1 is 1.16 bits per heavy atom. The van der Waals surface area contributed by atoms with E-state index in [4.69, 9.17) is 5.73 Å². The Balaban J connectivity index is 2.16. The normalized spacial score (nSPS) is 25.9. The number of hydrogen-bond acceptors (Lipinski definition) is 2. The molecule has 0 spiro atoms. The molecule has 2 rings (SSSR count). The summed E-state index contributed by atoms with van der Waals surface area (Å²) in [7, 11) is 0. The molecular weight excluding hydrogens is 232 g/mol. The summed E-state index contributed by atoms with van der Waals surface area (Å²) in [4.78, 5) is 2.59. The fraction of sp³-hybridized carbons (Fsp3) is 0.647. The standard InChI is InChI=1S/C17H28N2/c1-4-19(12-15-8-6-5-7-9-15)17(14-18)11-10-16(2,3)13-17/h5-9H,4,10-14,18H2,1-3H3. The van der Waals surface area contributed by atoms with Crippen molar-refractivity contribution >= 4 is 0 Å². The zero-order chi connectivity index (χ0) is 13.9.